The first-order valence-electron chi connectivity index (χ1n) is 7.56. The molecule has 128 valence electrons. The SMILES string of the molecule is COc1ccc(SCC(=O)Nc2ccc(-n3cnnn3)c(C)c2)cc1. The van der Waals surface area contributed by atoms with Crippen molar-refractivity contribution in [2.45, 2.75) is 11.8 Å². The van der Waals surface area contributed by atoms with Gasteiger partial charge in [-0.3, -0.25) is 4.79 Å². The maximum atomic E-state index is 12.1. The number of ether oxygens (including phenoxy) is 1. The maximum absolute atomic E-state index is 12.1. The Hall–Kier alpha value is -2.87. The molecular weight excluding hydrogens is 338 g/mol. The molecule has 25 heavy (non-hydrogen) atoms. The van der Waals surface area contributed by atoms with Gasteiger partial charge in [-0.05, 0) is 65.4 Å². The first kappa shape index (κ1) is 17.0. The average molecular weight is 355 g/mol. The summed E-state index contributed by atoms with van der Waals surface area (Å²) in [5.41, 5.74) is 2.58. The van der Waals surface area contributed by atoms with Gasteiger partial charge in [-0.15, -0.1) is 16.9 Å². The largest absolute Gasteiger partial charge is 0.497 e. The molecule has 0 aliphatic heterocycles. The summed E-state index contributed by atoms with van der Waals surface area (Å²) in [6, 6.07) is 13.2. The molecule has 3 rings (SSSR count). The van der Waals surface area contributed by atoms with E-state index in [0.717, 1.165) is 27.6 Å². The molecule has 0 fully saturated rings. The molecule has 1 N–H and O–H groups in total. The minimum Gasteiger partial charge on any atom is -0.497 e. The lowest BCUT2D eigenvalue weighted by Crippen LogP contribution is -2.14. The number of carbonyl (C=O) groups excluding carboxylic acids is 1. The number of benzene rings is 2. The molecule has 3 aromatic rings. The van der Waals surface area contributed by atoms with Crippen molar-refractivity contribution >= 4 is 23.4 Å². The van der Waals surface area contributed by atoms with Gasteiger partial charge in [0, 0.05) is 10.6 Å². The highest BCUT2D eigenvalue weighted by Crippen LogP contribution is 2.22. The van der Waals surface area contributed by atoms with Gasteiger partial charge >= 0.3 is 0 Å². The number of carbonyl (C=O) groups is 1. The van der Waals surface area contributed by atoms with Gasteiger partial charge in [0.15, 0.2) is 0 Å². The number of hydrogen-bond donors (Lipinski definition) is 1. The summed E-state index contributed by atoms with van der Waals surface area (Å²) in [5.74, 6) is 1.07. The second-order valence-electron chi connectivity index (χ2n) is 5.27. The Labute approximate surface area is 149 Å². The highest BCUT2D eigenvalue weighted by atomic mass is 32.2. The molecule has 0 saturated carbocycles. The molecule has 0 aliphatic carbocycles. The summed E-state index contributed by atoms with van der Waals surface area (Å²) in [6.07, 6.45) is 1.53. The van der Waals surface area contributed by atoms with E-state index in [-0.39, 0.29) is 5.91 Å². The highest BCUT2D eigenvalue weighted by molar-refractivity contribution is 8.00. The van der Waals surface area contributed by atoms with Crippen molar-refractivity contribution in [3.8, 4) is 11.4 Å². The van der Waals surface area contributed by atoms with E-state index in [0.29, 0.717) is 5.75 Å². The van der Waals surface area contributed by atoms with Crippen LogP contribution in [0.1, 0.15) is 5.56 Å². The normalized spacial score (nSPS) is 10.5. The Bertz CT molecular complexity index is 850. The van der Waals surface area contributed by atoms with Crippen LogP contribution in [0.4, 0.5) is 5.69 Å². The topological polar surface area (TPSA) is 81.9 Å². The first-order valence-corrected chi connectivity index (χ1v) is 8.55. The molecule has 0 spiro atoms. The highest BCUT2D eigenvalue weighted by Gasteiger charge is 2.07. The fourth-order valence-electron chi connectivity index (χ4n) is 2.28. The minimum atomic E-state index is -0.0598. The van der Waals surface area contributed by atoms with Crippen molar-refractivity contribution < 1.29 is 9.53 Å². The summed E-state index contributed by atoms with van der Waals surface area (Å²) in [5, 5.41) is 14.0. The molecule has 1 heterocycles. The summed E-state index contributed by atoms with van der Waals surface area (Å²) < 4.78 is 6.70. The monoisotopic (exact) mass is 355 g/mol. The van der Waals surface area contributed by atoms with Crippen LogP contribution >= 0.6 is 11.8 Å². The zero-order chi connectivity index (χ0) is 17.6. The third kappa shape index (κ3) is 4.36. The van der Waals surface area contributed by atoms with Gasteiger partial charge < -0.3 is 10.1 Å². The zero-order valence-electron chi connectivity index (χ0n) is 13.8. The van der Waals surface area contributed by atoms with Crippen molar-refractivity contribution in [1.29, 1.82) is 0 Å². The molecule has 8 heteroatoms. The Kier molecular flexibility index (Phi) is 5.30. The van der Waals surface area contributed by atoms with E-state index in [1.807, 2.05) is 49.4 Å². The standard InChI is InChI=1S/C17H17N5O2S/c1-12-9-13(3-8-16(12)22-11-18-20-21-22)19-17(23)10-25-15-6-4-14(24-2)5-7-15/h3-9,11H,10H2,1-2H3,(H,19,23). The third-order valence-corrected chi connectivity index (χ3v) is 4.52. The van der Waals surface area contributed by atoms with E-state index >= 15 is 0 Å². The molecule has 1 aromatic heterocycles. The molecule has 1 amide bonds. The number of aryl methyl sites for hydroxylation is 1. The van der Waals surface area contributed by atoms with Gasteiger partial charge in [0.25, 0.3) is 0 Å². The van der Waals surface area contributed by atoms with Gasteiger partial charge in [0.1, 0.15) is 12.1 Å². The van der Waals surface area contributed by atoms with Crippen LogP contribution in [0.25, 0.3) is 5.69 Å². The van der Waals surface area contributed by atoms with Crippen molar-refractivity contribution in [3.05, 3.63) is 54.4 Å². The van der Waals surface area contributed by atoms with Crippen LogP contribution in [0.15, 0.2) is 53.7 Å². The molecular formula is C17H17N5O2S. The Morgan fingerprint density at radius 3 is 2.68 bits per heavy atom. The van der Waals surface area contributed by atoms with Crippen LogP contribution in [0.2, 0.25) is 0 Å². The van der Waals surface area contributed by atoms with Crippen molar-refractivity contribution in [2.75, 3.05) is 18.2 Å². The van der Waals surface area contributed by atoms with Crippen LogP contribution in [-0.4, -0.2) is 39.0 Å². The Balaban J connectivity index is 1.58. The van der Waals surface area contributed by atoms with Crippen LogP contribution in [0.3, 0.4) is 0 Å². The summed E-state index contributed by atoms with van der Waals surface area (Å²) in [4.78, 5) is 13.2. The van der Waals surface area contributed by atoms with Gasteiger partial charge in [0.05, 0.1) is 18.6 Å². The number of nitrogens with one attached hydrogen (secondary N) is 1. The zero-order valence-corrected chi connectivity index (χ0v) is 14.7. The Morgan fingerprint density at radius 2 is 2.04 bits per heavy atom. The molecule has 0 bridgehead atoms. The van der Waals surface area contributed by atoms with E-state index < -0.39 is 0 Å². The number of thioether (sulfide) groups is 1. The lowest BCUT2D eigenvalue weighted by atomic mass is 10.2. The number of hydrogen-bond acceptors (Lipinski definition) is 6. The summed E-state index contributed by atoms with van der Waals surface area (Å²) >= 11 is 1.47. The molecule has 7 nitrogen and oxygen atoms in total. The van der Waals surface area contributed by atoms with Crippen LogP contribution in [0, 0.1) is 6.92 Å². The second-order valence-corrected chi connectivity index (χ2v) is 6.32. The lowest BCUT2D eigenvalue weighted by molar-refractivity contribution is -0.113. The van der Waals surface area contributed by atoms with Crippen molar-refractivity contribution in [3.63, 3.8) is 0 Å². The number of rotatable bonds is 6. The second kappa shape index (κ2) is 7.80. The smallest absolute Gasteiger partial charge is 0.234 e. The third-order valence-electron chi connectivity index (χ3n) is 3.51. The summed E-state index contributed by atoms with van der Waals surface area (Å²) in [6.45, 7) is 1.94. The summed E-state index contributed by atoms with van der Waals surface area (Å²) in [7, 11) is 1.63. The maximum Gasteiger partial charge on any atom is 0.234 e. The fraction of sp³-hybridized carbons (Fsp3) is 0.176. The number of nitrogens with zero attached hydrogens (tertiary/aromatic N) is 4. The van der Waals surface area contributed by atoms with E-state index in [2.05, 4.69) is 20.8 Å². The van der Waals surface area contributed by atoms with Crippen molar-refractivity contribution in [1.82, 2.24) is 20.2 Å². The molecule has 0 aliphatic rings. The van der Waals surface area contributed by atoms with E-state index in [1.165, 1.54) is 18.1 Å². The predicted octanol–water partition coefficient (Wildman–Crippen LogP) is 2.71. The van der Waals surface area contributed by atoms with Crippen molar-refractivity contribution in [2.24, 2.45) is 0 Å². The Morgan fingerprint density at radius 1 is 1.24 bits per heavy atom. The van der Waals surface area contributed by atoms with Gasteiger partial charge in [-0.25, -0.2) is 4.68 Å². The molecule has 0 unspecified atom stereocenters. The number of methoxy groups -OCH3 is 1. The average Bonchev–Trinajstić information content (AvgIpc) is 3.15. The van der Waals surface area contributed by atoms with Crippen LogP contribution in [0.5, 0.6) is 5.75 Å². The van der Waals surface area contributed by atoms with E-state index in [1.54, 1.807) is 11.8 Å². The van der Waals surface area contributed by atoms with Crippen LogP contribution in [-0.2, 0) is 4.79 Å². The molecule has 2 aromatic carbocycles. The predicted molar refractivity (Wildman–Crippen MR) is 96.2 cm³/mol. The minimum absolute atomic E-state index is 0.0598. The van der Waals surface area contributed by atoms with Crippen LogP contribution < -0.4 is 10.1 Å². The van der Waals surface area contributed by atoms with Gasteiger partial charge in [-0.2, -0.15) is 0 Å². The number of tetrazole rings is 1. The fourth-order valence-corrected chi connectivity index (χ4v) is 2.98. The van der Waals surface area contributed by atoms with Gasteiger partial charge in [0.2, 0.25) is 5.91 Å². The molecule has 0 radical (unpaired) electrons. The molecule has 0 atom stereocenters. The lowest BCUT2D eigenvalue weighted by Gasteiger charge is -2.09. The van der Waals surface area contributed by atoms with E-state index in [9.17, 15) is 4.79 Å². The van der Waals surface area contributed by atoms with Gasteiger partial charge in [-0.1, -0.05) is 0 Å². The van der Waals surface area contributed by atoms with E-state index in [4.69, 9.17) is 4.74 Å². The first-order chi connectivity index (χ1) is 12.2. The number of amides is 1. The number of anilines is 1. The molecule has 0 saturated heterocycles. The number of aromatic nitrogens is 4. The quantitative estimate of drug-likeness (QED) is 0.685.